The maximum Gasteiger partial charge on any atom is 0.214 e. The van der Waals surface area contributed by atoms with E-state index in [2.05, 4.69) is 0 Å². The minimum absolute atomic E-state index is 0.0212. The van der Waals surface area contributed by atoms with Crippen LogP contribution >= 0.6 is 0 Å². The minimum Gasteiger partial charge on any atom is -0.385 e. The van der Waals surface area contributed by atoms with Gasteiger partial charge >= 0.3 is 0 Å². The summed E-state index contributed by atoms with van der Waals surface area (Å²) >= 11 is 0. The molecule has 6 heteroatoms. The van der Waals surface area contributed by atoms with Crippen molar-refractivity contribution in [2.45, 2.75) is 38.2 Å². The third-order valence-corrected chi connectivity index (χ3v) is 6.07. The maximum atomic E-state index is 12.4. The summed E-state index contributed by atoms with van der Waals surface area (Å²) in [7, 11) is -1.46. The molecule has 2 rings (SSSR count). The molecule has 0 unspecified atom stereocenters. The van der Waals surface area contributed by atoms with Crippen LogP contribution in [0, 0.1) is 5.92 Å². The lowest BCUT2D eigenvalue weighted by Crippen LogP contribution is -2.47. The minimum atomic E-state index is -3.11. The van der Waals surface area contributed by atoms with Crippen molar-refractivity contribution in [1.82, 2.24) is 4.31 Å². The Morgan fingerprint density at radius 1 is 1.32 bits per heavy atom. The van der Waals surface area contributed by atoms with Crippen LogP contribution in [0.1, 0.15) is 32.1 Å². The summed E-state index contributed by atoms with van der Waals surface area (Å²) in [4.78, 5) is 0. The van der Waals surface area contributed by atoms with Crippen molar-refractivity contribution >= 4 is 10.0 Å². The highest BCUT2D eigenvalue weighted by atomic mass is 32.2. The van der Waals surface area contributed by atoms with Crippen LogP contribution in [0.5, 0.6) is 0 Å². The lowest BCUT2D eigenvalue weighted by atomic mass is 10.1. The summed E-state index contributed by atoms with van der Waals surface area (Å²) in [5, 5.41) is 0. The van der Waals surface area contributed by atoms with Gasteiger partial charge < -0.3 is 9.47 Å². The monoisotopic (exact) mass is 291 g/mol. The van der Waals surface area contributed by atoms with Gasteiger partial charge in [-0.3, -0.25) is 0 Å². The SMILES string of the molecule is COCC[C@H]1CN(S(=O)(=O)CC2CCCC2)CCO1. The van der Waals surface area contributed by atoms with Gasteiger partial charge in [0.25, 0.3) is 0 Å². The van der Waals surface area contributed by atoms with E-state index >= 15 is 0 Å². The highest BCUT2D eigenvalue weighted by Gasteiger charge is 2.32. The van der Waals surface area contributed by atoms with Crippen molar-refractivity contribution in [3.8, 4) is 0 Å². The van der Waals surface area contributed by atoms with Crippen LogP contribution in [0.3, 0.4) is 0 Å². The zero-order valence-corrected chi connectivity index (χ0v) is 12.5. The van der Waals surface area contributed by atoms with Crippen LogP contribution in [0.25, 0.3) is 0 Å². The molecular formula is C13H25NO4S. The van der Waals surface area contributed by atoms with Gasteiger partial charge in [-0.25, -0.2) is 8.42 Å². The Kier molecular flexibility index (Phi) is 5.62. The first-order valence-electron chi connectivity index (χ1n) is 7.20. The molecule has 0 spiro atoms. The molecule has 0 radical (unpaired) electrons. The molecule has 1 saturated carbocycles. The number of hydrogen-bond donors (Lipinski definition) is 0. The summed E-state index contributed by atoms with van der Waals surface area (Å²) in [5.41, 5.74) is 0. The molecule has 0 amide bonds. The van der Waals surface area contributed by atoms with Gasteiger partial charge in [-0.05, 0) is 25.2 Å². The van der Waals surface area contributed by atoms with Gasteiger partial charge in [0, 0.05) is 26.8 Å². The van der Waals surface area contributed by atoms with E-state index in [-0.39, 0.29) is 6.10 Å². The molecule has 1 atom stereocenters. The van der Waals surface area contributed by atoms with E-state index in [0.717, 1.165) is 19.3 Å². The second-order valence-electron chi connectivity index (χ2n) is 5.56. The van der Waals surface area contributed by atoms with Crippen molar-refractivity contribution < 1.29 is 17.9 Å². The first-order valence-corrected chi connectivity index (χ1v) is 8.81. The van der Waals surface area contributed by atoms with E-state index in [0.29, 0.717) is 38.0 Å². The molecule has 1 heterocycles. The molecule has 1 saturated heterocycles. The van der Waals surface area contributed by atoms with E-state index in [9.17, 15) is 8.42 Å². The summed E-state index contributed by atoms with van der Waals surface area (Å²) in [6.45, 7) is 2.09. The van der Waals surface area contributed by atoms with E-state index in [1.54, 1.807) is 11.4 Å². The van der Waals surface area contributed by atoms with Crippen molar-refractivity contribution in [3.63, 3.8) is 0 Å². The molecule has 1 aliphatic heterocycles. The standard InChI is InChI=1S/C13H25NO4S/c1-17-8-6-13-10-14(7-9-18-13)19(15,16)11-12-4-2-3-5-12/h12-13H,2-11H2,1H3/t13-/m0/s1. The van der Waals surface area contributed by atoms with Crippen molar-refractivity contribution in [3.05, 3.63) is 0 Å². The van der Waals surface area contributed by atoms with Gasteiger partial charge in [0.1, 0.15) is 0 Å². The quantitative estimate of drug-likeness (QED) is 0.739. The molecule has 112 valence electrons. The average molecular weight is 291 g/mol. The number of nitrogens with zero attached hydrogens (tertiary/aromatic N) is 1. The van der Waals surface area contributed by atoms with E-state index in [1.165, 1.54) is 12.8 Å². The van der Waals surface area contributed by atoms with Crippen LogP contribution in [-0.4, -0.2) is 58.0 Å². The zero-order chi connectivity index (χ0) is 13.7. The molecule has 1 aliphatic carbocycles. The Hall–Kier alpha value is -0.170. The number of rotatable bonds is 6. The van der Waals surface area contributed by atoms with E-state index in [4.69, 9.17) is 9.47 Å². The smallest absolute Gasteiger partial charge is 0.214 e. The highest BCUT2D eigenvalue weighted by molar-refractivity contribution is 7.89. The first-order chi connectivity index (χ1) is 9.12. The molecule has 5 nitrogen and oxygen atoms in total. The van der Waals surface area contributed by atoms with Crippen LogP contribution in [-0.2, 0) is 19.5 Å². The number of hydrogen-bond acceptors (Lipinski definition) is 4. The second-order valence-corrected chi connectivity index (χ2v) is 7.57. The molecule has 0 aromatic rings. The Morgan fingerprint density at radius 3 is 2.74 bits per heavy atom. The van der Waals surface area contributed by atoms with Gasteiger partial charge in [-0.2, -0.15) is 4.31 Å². The molecular weight excluding hydrogens is 266 g/mol. The fourth-order valence-corrected chi connectivity index (χ4v) is 4.84. The number of ether oxygens (including phenoxy) is 2. The van der Waals surface area contributed by atoms with Crippen molar-refractivity contribution in [1.29, 1.82) is 0 Å². The molecule has 0 aromatic carbocycles. The number of methoxy groups -OCH3 is 1. The van der Waals surface area contributed by atoms with Crippen molar-refractivity contribution in [2.75, 3.05) is 39.2 Å². The summed E-state index contributed by atoms with van der Waals surface area (Å²) in [6, 6.07) is 0. The summed E-state index contributed by atoms with van der Waals surface area (Å²) in [5.74, 6) is 0.689. The Balaban J connectivity index is 1.87. The predicted octanol–water partition coefficient (Wildman–Crippen LogP) is 1.24. The second kappa shape index (κ2) is 7.02. The van der Waals surface area contributed by atoms with Gasteiger partial charge in [-0.1, -0.05) is 12.8 Å². The third kappa shape index (κ3) is 4.41. The normalized spacial score (nSPS) is 26.9. The fraction of sp³-hybridized carbons (Fsp3) is 1.00. The topological polar surface area (TPSA) is 55.8 Å². The predicted molar refractivity (Wildman–Crippen MR) is 73.6 cm³/mol. The maximum absolute atomic E-state index is 12.4. The Morgan fingerprint density at radius 2 is 2.05 bits per heavy atom. The van der Waals surface area contributed by atoms with E-state index in [1.807, 2.05) is 0 Å². The third-order valence-electron chi connectivity index (χ3n) is 4.06. The largest absolute Gasteiger partial charge is 0.385 e. The molecule has 2 aliphatic rings. The highest BCUT2D eigenvalue weighted by Crippen LogP contribution is 2.27. The van der Waals surface area contributed by atoms with Gasteiger partial charge in [-0.15, -0.1) is 0 Å². The average Bonchev–Trinajstić information content (AvgIpc) is 2.89. The van der Waals surface area contributed by atoms with Crippen LogP contribution in [0.15, 0.2) is 0 Å². The molecule has 0 N–H and O–H groups in total. The zero-order valence-electron chi connectivity index (χ0n) is 11.7. The van der Waals surface area contributed by atoms with Gasteiger partial charge in [0.15, 0.2) is 0 Å². The summed E-state index contributed by atoms with van der Waals surface area (Å²) in [6.07, 6.45) is 5.23. The molecule has 19 heavy (non-hydrogen) atoms. The van der Waals surface area contributed by atoms with E-state index < -0.39 is 10.0 Å². The fourth-order valence-electron chi connectivity index (χ4n) is 2.95. The van der Waals surface area contributed by atoms with Crippen LogP contribution in [0.2, 0.25) is 0 Å². The summed E-state index contributed by atoms with van der Waals surface area (Å²) < 4.78 is 37.0. The number of sulfonamides is 1. The van der Waals surface area contributed by atoms with Crippen molar-refractivity contribution in [2.24, 2.45) is 5.92 Å². The van der Waals surface area contributed by atoms with Crippen LogP contribution < -0.4 is 0 Å². The Bertz CT molecular complexity index is 365. The molecule has 0 aromatic heterocycles. The molecule has 0 bridgehead atoms. The number of morpholine rings is 1. The van der Waals surface area contributed by atoms with Gasteiger partial charge in [0.2, 0.25) is 10.0 Å². The first kappa shape index (κ1) is 15.2. The lowest BCUT2D eigenvalue weighted by Gasteiger charge is -2.32. The molecule has 2 fully saturated rings. The van der Waals surface area contributed by atoms with Crippen LogP contribution in [0.4, 0.5) is 0 Å². The Labute approximate surface area is 116 Å². The lowest BCUT2D eigenvalue weighted by molar-refractivity contribution is -0.0168. The van der Waals surface area contributed by atoms with Gasteiger partial charge in [0.05, 0.1) is 18.5 Å².